The zero-order chi connectivity index (χ0) is 20.0. The van der Waals surface area contributed by atoms with Gasteiger partial charge in [-0.3, -0.25) is 0 Å². The van der Waals surface area contributed by atoms with Crippen molar-refractivity contribution in [3.63, 3.8) is 0 Å². The van der Waals surface area contributed by atoms with Crippen molar-refractivity contribution in [2.75, 3.05) is 37.5 Å². The lowest BCUT2D eigenvalue weighted by Gasteiger charge is -2.19. The quantitative estimate of drug-likeness (QED) is 0.694. The summed E-state index contributed by atoms with van der Waals surface area (Å²) in [5.41, 5.74) is -0.852. The van der Waals surface area contributed by atoms with E-state index in [0.717, 1.165) is 6.07 Å². The van der Waals surface area contributed by atoms with Crippen molar-refractivity contribution in [2.24, 2.45) is 0 Å². The summed E-state index contributed by atoms with van der Waals surface area (Å²) in [7, 11) is 3.27. The van der Waals surface area contributed by atoms with Gasteiger partial charge in [0, 0.05) is 24.8 Å². The summed E-state index contributed by atoms with van der Waals surface area (Å²) in [5.74, 6) is 0.570. The Bertz CT molecular complexity index is 780. The fraction of sp³-hybridized carbons (Fsp3) is 0.278. The van der Waals surface area contributed by atoms with Crippen molar-refractivity contribution in [1.82, 2.24) is 5.32 Å². The maximum Gasteiger partial charge on any atom is 0.418 e. The minimum atomic E-state index is -4.59. The molecule has 0 atom stereocenters. The Kier molecular flexibility index (Phi) is 6.79. The first kappa shape index (κ1) is 20.7. The molecule has 9 heteroatoms. The zero-order valence-electron chi connectivity index (χ0n) is 14.7. The molecule has 0 aliphatic rings. The number of rotatable bonds is 6. The van der Waals surface area contributed by atoms with Crippen LogP contribution in [0, 0.1) is 0 Å². The zero-order valence-corrected chi connectivity index (χ0v) is 15.5. The second-order valence-corrected chi connectivity index (χ2v) is 6.24. The first-order chi connectivity index (χ1) is 12.7. The van der Waals surface area contributed by atoms with E-state index < -0.39 is 17.8 Å². The Morgan fingerprint density at radius 3 is 2.41 bits per heavy atom. The predicted molar refractivity (Wildman–Crippen MR) is 99.7 cm³/mol. The molecule has 0 bridgehead atoms. The van der Waals surface area contributed by atoms with Crippen molar-refractivity contribution in [3.05, 3.63) is 53.1 Å². The Balaban J connectivity index is 1.92. The third kappa shape index (κ3) is 6.25. The molecule has 0 saturated heterocycles. The number of hydrogen-bond acceptors (Lipinski definition) is 3. The highest BCUT2D eigenvalue weighted by Crippen LogP contribution is 2.37. The number of benzene rings is 2. The molecule has 2 aromatic carbocycles. The van der Waals surface area contributed by atoms with Crippen LogP contribution in [-0.2, 0) is 6.18 Å². The average Bonchev–Trinajstić information content (AvgIpc) is 2.59. The summed E-state index contributed by atoms with van der Waals surface area (Å²) in [4.78, 5) is 13.4. The van der Waals surface area contributed by atoms with E-state index in [4.69, 9.17) is 16.3 Å². The standard InChI is InChI=1S/C18H19ClF3N3O2/c1-25(2)13-5-8-16(15(11-13)18(20,21)22)24-17(26)23-9-10-27-14-6-3-12(19)4-7-14/h3-8,11H,9-10H2,1-2H3,(H2,23,24,26). The number of alkyl halides is 3. The summed E-state index contributed by atoms with van der Waals surface area (Å²) in [6.07, 6.45) is -4.59. The second kappa shape index (κ2) is 8.85. The summed E-state index contributed by atoms with van der Waals surface area (Å²) in [6, 6.07) is 9.61. The topological polar surface area (TPSA) is 53.6 Å². The smallest absolute Gasteiger partial charge is 0.418 e. The van der Waals surface area contributed by atoms with E-state index in [1.54, 1.807) is 43.3 Å². The molecule has 27 heavy (non-hydrogen) atoms. The SMILES string of the molecule is CN(C)c1ccc(NC(=O)NCCOc2ccc(Cl)cc2)c(C(F)(F)F)c1. The van der Waals surface area contributed by atoms with Gasteiger partial charge in [0.05, 0.1) is 17.8 Å². The van der Waals surface area contributed by atoms with E-state index in [1.165, 1.54) is 12.1 Å². The Hall–Kier alpha value is -2.61. The van der Waals surface area contributed by atoms with Gasteiger partial charge >= 0.3 is 12.2 Å². The number of carbonyl (C=O) groups excluding carboxylic acids is 1. The number of carbonyl (C=O) groups is 1. The molecule has 0 aliphatic carbocycles. The lowest BCUT2D eigenvalue weighted by atomic mass is 10.1. The molecule has 0 heterocycles. The first-order valence-corrected chi connectivity index (χ1v) is 8.36. The molecule has 0 aliphatic heterocycles. The molecular formula is C18H19ClF3N3O2. The average molecular weight is 402 g/mol. The number of nitrogens with zero attached hydrogens (tertiary/aromatic N) is 1. The van der Waals surface area contributed by atoms with Crippen LogP contribution in [0.5, 0.6) is 5.75 Å². The molecular weight excluding hydrogens is 383 g/mol. The summed E-state index contributed by atoms with van der Waals surface area (Å²) < 4.78 is 45.1. The summed E-state index contributed by atoms with van der Waals surface area (Å²) >= 11 is 5.76. The normalized spacial score (nSPS) is 11.0. The van der Waals surface area contributed by atoms with E-state index in [0.29, 0.717) is 16.5 Å². The third-order valence-corrected chi connectivity index (χ3v) is 3.80. The van der Waals surface area contributed by atoms with Crippen molar-refractivity contribution in [2.45, 2.75) is 6.18 Å². The fourth-order valence-electron chi connectivity index (χ4n) is 2.18. The fourth-order valence-corrected chi connectivity index (χ4v) is 2.31. The molecule has 5 nitrogen and oxygen atoms in total. The maximum atomic E-state index is 13.2. The number of hydrogen-bond donors (Lipinski definition) is 2. The molecule has 0 fully saturated rings. The maximum absolute atomic E-state index is 13.2. The van der Waals surface area contributed by atoms with Crippen LogP contribution < -0.4 is 20.3 Å². The molecule has 2 rings (SSSR count). The van der Waals surface area contributed by atoms with Crippen LogP contribution >= 0.6 is 11.6 Å². The lowest BCUT2D eigenvalue weighted by Crippen LogP contribution is -2.33. The van der Waals surface area contributed by atoms with Gasteiger partial charge in [0.25, 0.3) is 0 Å². The van der Waals surface area contributed by atoms with Gasteiger partial charge in [-0.05, 0) is 42.5 Å². The van der Waals surface area contributed by atoms with Crippen LogP contribution in [0.3, 0.4) is 0 Å². The van der Waals surface area contributed by atoms with E-state index in [-0.39, 0.29) is 18.8 Å². The van der Waals surface area contributed by atoms with Gasteiger partial charge in [-0.25, -0.2) is 4.79 Å². The van der Waals surface area contributed by atoms with Gasteiger partial charge in [-0.2, -0.15) is 13.2 Å². The number of nitrogens with one attached hydrogen (secondary N) is 2. The number of anilines is 2. The summed E-state index contributed by atoms with van der Waals surface area (Å²) in [5, 5.41) is 5.25. The third-order valence-electron chi connectivity index (χ3n) is 3.54. The Morgan fingerprint density at radius 1 is 1.15 bits per heavy atom. The summed E-state index contributed by atoms with van der Waals surface area (Å²) in [6.45, 7) is 0.270. The van der Waals surface area contributed by atoms with Crippen LogP contribution in [0.15, 0.2) is 42.5 Å². The van der Waals surface area contributed by atoms with Crippen LogP contribution in [0.2, 0.25) is 5.02 Å². The minimum absolute atomic E-state index is 0.117. The molecule has 0 aromatic heterocycles. The molecule has 2 aromatic rings. The van der Waals surface area contributed by atoms with Gasteiger partial charge < -0.3 is 20.3 Å². The Morgan fingerprint density at radius 2 is 1.81 bits per heavy atom. The van der Waals surface area contributed by atoms with Crippen LogP contribution in [0.25, 0.3) is 0 Å². The van der Waals surface area contributed by atoms with Gasteiger partial charge in [-0.1, -0.05) is 11.6 Å². The molecule has 0 spiro atoms. The molecule has 146 valence electrons. The van der Waals surface area contributed by atoms with E-state index in [2.05, 4.69) is 10.6 Å². The van der Waals surface area contributed by atoms with Crippen molar-refractivity contribution in [1.29, 1.82) is 0 Å². The molecule has 0 unspecified atom stereocenters. The largest absolute Gasteiger partial charge is 0.492 e. The molecule has 0 saturated carbocycles. The van der Waals surface area contributed by atoms with Crippen molar-refractivity contribution < 1.29 is 22.7 Å². The van der Waals surface area contributed by atoms with Gasteiger partial charge in [0.15, 0.2) is 0 Å². The van der Waals surface area contributed by atoms with Crippen molar-refractivity contribution in [3.8, 4) is 5.75 Å². The minimum Gasteiger partial charge on any atom is -0.492 e. The monoisotopic (exact) mass is 401 g/mol. The second-order valence-electron chi connectivity index (χ2n) is 5.81. The van der Waals surface area contributed by atoms with Crippen LogP contribution in [0.4, 0.5) is 29.3 Å². The van der Waals surface area contributed by atoms with Crippen LogP contribution in [0.1, 0.15) is 5.56 Å². The first-order valence-electron chi connectivity index (χ1n) is 7.98. The highest BCUT2D eigenvalue weighted by Gasteiger charge is 2.34. The number of ether oxygens (including phenoxy) is 1. The number of urea groups is 1. The Labute approximate surface area is 160 Å². The van der Waals surface area contributed by atoms with E-state index in [9.17, 15) is 18.0 Å². The van der Waals surface area contributed by atoms with E-state index >= 15 is 0 Å². The van der Waals surface area contributed by atoms with Gasteiger partial charge in [0.2, 0.25) is 0 Å². The predicted octanol–water partition coefficient (Wildman–Crippen LogP) is 4.63. The van der Waals surface area contributed by atoms with Crippen LogP contribution in [-0.4, -0.2) is 33.3 Å². The highest BCUT2D eigenvalue weighted by atomic mass is 35.5. The molecule has 2 N–H and O–H groups in total. The van der Waals surface area contributed by atoms with E-state index in [1.807, 2.05) is 0 Å². The number of amides is 2. The molecule has 0 radical (unpaired) electrons. The van der Waals surface area contributed by atoms with Gasteiger partial charge in [0.1, 0.15) is 12.4 Å². The van der Waals surface area contributed by atoms with Crippen molar-refractivity contribution >= 4 is 29.0 Å². The van der Waals surface area contributed by atoms with Gasteiger partial charge in [-0.15, -0.1) is 0 Å². The number of halogens is 4. The lowest BCUT2D eigenvalue weighted by molar-refractivity contribution is -0.136. The molecule has 2 amide bonds. The highest BCUT2D eigenvalue weighted by molar-refractivity contribution is 6.30.